The van der Waals surface area contributed by atoms with Crippen molar-refractivity contribution in [1.82, 2.24) is 9.97 Å². The highest BCUT2D eigenvalue weighted by Gasteiger charge is 2.18. The number of esters is 1. The van der Waals surface area contributed by atoms with Gasteiger partial charge >= 0.3 is 5.97 Å². The Kier molecular flexibility index (Phi) is 3.04. The van der Waals surface area contributed by atoms with E-state index in [9.17, 15) is 4.79 Å². The lowest BCUT2D eigenvalue weighted by atomic mass is 10.4. The van der Waals surface area contributed by atoms with E-state index >= 15 is 0 Å². The fraction of sp³-hybridized carbons (Fsp3) is 0.167. The van der Waals surface area contributed by atoms with Crippen LogP contribution >= 0.6 is 0 Å². The number of nitrogens with zero attached hydrogens (tertiary/aromatic N) is 3. The van der Waals surface area contributed by atoms with E-state index in [0.717, 1.165) is 0 Å². The van der Waals surface area contributed by atoms with Gasteiger partial charge in [0.2, 0.25) is 11.8 Å². The SMILES string of the molecule is COC(=O)c1coc(-c2coc(C3=COCC=N3)n2)n1. The summed E-state index contributed by atoms with van der Waals surface area (Å²) in [4.78, 5) is 23.5. The maximum absolute atomic E-state index is 11.3. The lowest BCUT2D eigenvalue weighted by molar-refractivity contribution is 0.0594. The van der Waals surface area contributed by atoms with E-state index in [1.165, 1.54) is 25.9 Å². The number of ether oxygens (including phenoxy) is 2. The van der Waals surface area contributed by atoms with Crippen molar-refractivity contribution >= 4 is 17.9 Å². The minimum absolute atomic E-state index is 0.0605. The van der Waals surface area contributed by atoms with Crippen molar-refractivity contribution in [3.63, 3.8) is 0 Å². The Hall–Kier alpha value is -2.90. The van der Waals surface area contributed by atoms with Crippen LogP contribution in [0.15, 0.2) is 32.6 Å². The average molecular weight is 275 g/mol. The van der Waals surface area contributed by atoms with Crippen molar-refractivity contribution in [3.05, 3.63) is 30.4 Å². The maximum Gasteiger partial charge on any atom is 0.360 e. The third kappa shape index (κ3) is 2.18. The van der Waals surface area contributed by atoms with Crippen molar-refractivity contribution in [2.45, 2.75) is 0 Å². The molecule has 1 aliphatic heterocycles. The van der Waals surface area contributed by atoms with Gasteiger partial charge in [-0.2, -0.15) is 0 Å². The second-order valence-corrected chi connectivity index (χ2v) is 3.72. The molecule has 2 aromatic heterocycles. The molecule has 2 aromatic rings. The molecular formula is C12H9N3O5. The maximum atomic E-state index is 11.3. The fourth-order valence-corrected chi connectivity index (χ4v) is 1.52. The zero-order valence-corrected chi connectivity index (χ0v) is 10.4. The average Bonchev–Trinajstić information content (AvgIpc) is 3.16. The van der Waals surface area contributed by atoms with Gasteiger partial charge in [0.25, 0.3) is 0 Å². The summed E-state index contributed by atoms with van der Waals surface area (Å²) in [5.41, 5.74) is 0.865. The van der Waals surface area contributed by atoms with Gasteiger partial charge in [-0.3, -0.25) is 0 Å². The van der Waals surface area contributed by atoms with Gasteiger partial charge in [-0.05, 0) is 0 Å². The summed E-state index contributed by atoms with van der Waals surface area (Å²) in [5, 5.41) is 0. The van der Waals surface area contributed by atoms with Gasteiger partial charge in [-0.25, -0.2) is 19.8 Å². The highest BCUT2D eigenvalue weighted by atomic mass is 16.5. The van der Waals surface area contributed by atoms with E-state index < -0.39 is 5.97 Å². The molecule has 1 aliphatic rings. The first-order valence-corrected chi connectivity index (χ1v) is 5.62. The standard InChI is InChI=1S/C12H9N3O5/c1-17-12(16)9-6-20-11(15-9)8-5-19-10(14-8)7-4-18-3-2-13-7/h2,4-6H,3H2,1H3. The summed E-state index contributed by atoms with van der Waals surface area (Å²) in [6.07, 6.45) is 5.59. The first kappa shape index (κ1) is 12.2. The predicted molar refractivity (Wildman–Crippen MR) is 65.8 cm³/mol. The lowest BCUT2D eigenvalue weighted by Crippen LogP contribution is -2.01. The minimum Gasteiger partial charge on any atom is -0.493 e. The smallest absolute Gasteiger partial charge is 0.360 e. The monoisotopic (exact) mass is 275 g/mol. The summed E-state index contributed by atoms with van der Waals surface area (Å²) in [6.45, 7) is 0.416. The normalized spacial score (nSPS) is 13.8. The van der Waals surface area contributed by atoms with Crippen LogP contribution in [0.4, 0.5) is 0 Å². The molecule has 0 unspecified atom stereocenters. The largest absolute Gasteiger partial charge is 0.493 e. The van der Waals surface area contributed by atoms with E-state index in [1.807, 2.05) is 0 Å². The molecule has 0 spiro atoms. The number of rotatable bonds is 3. The summed E-state index contributed by atoms with van der Waals surface area (Å²) >= 11 is 0. The van der Waals surface area contributed by atoms with Crippen molar-refractivity contribution in [2.75, 3.05) is 13.7 Å². The number of aliphatic imine (C=N–C) groups is 1. The van der Waals surface area contributed by atoms with Gasteiger partial charge in [0.05, 0.1) is 7.11 Å². The predicted octanol–water partition coefficient (Wildman–Crippen LogP) is 1.52. The quantitative estimate of drug-likeness (QED) is 0.782. The van der Waals surface area contributed by atoms with Crippen LogP contribution in [-0.2, 0) is 9.47 Å². The van der Waals surface area contributed by atoms with E-state index in [0.29, 0.717) is 18.0 Å². The van der Waals surface area contributed by atoms with Gasteiger partial charge < -0.3 is 18.3 Å². The summed E-state index contributed by atoms with van der Waals surface area (Å²) < 4.78 is 20.0. The Balaban J connectivity index is 1.86. The van der Waals surface area contributed by atoms with Gasteiger partial charge in [0.15, 0.2) is 17.1 Å². The second kappa shape index (κ2) is 5.00. The Morgan fingerprint density at radius 1 is 1.25 bits per heavy atom. The molecule has 3 heterocycles. The van der Waals surface area contributed by atoms with Crippen LogP contribution in [0.5, 0.6) is 0 Å². The number of hydrogen-bond acceptors (Lipinski definition) is 8. The number of carbonyl (C=O) groups excluding carboxylic acids is 1. The van der Waals surface area contributed by atoms with Crippen LogP contribution < -0.4 is 0 Å². The van der Waals surface area contributed by atoms with E-state index in [-0.39, 0.29) is 17.5 Å². The number of hydrogen-bond donors (Lipinski definition) is 0. The molecule has 0 fully saturated rings. The molecule has 0 saturated carbocycles. The molecule has 0 amide bonds. The topological polar surface area (TPSA) is 100.0 Å². The molecule has 8 nitrogen and oxygen atoms in total. The summed E-state index contributed by atoms with van der Waals surface area (Å²) in [6, 6.07) is 0. The highest BCUT2D eigenvalue weighted by molar-refractivity contribution is 5.87. The number of aromatic nitrogens is 2. The molecule has 8 heteroatoms. The van der Waals surface area contributed by atoms with Crippen molar-refractivity contribution in [2.24, 2.45) is 4.99 Å². The van der Waals surface area contributed by atoms with E-state index in [4.69, 9.17) is 13.6 Å². The molecule has 0 atom stereocenters. The van der Waals surface area contributed by atoms with Crippen LogP contribution in [0.3, 0.4) is 0 Å². The van der Waals surface area contributed by atoms with Gasteiger partial charge in [0.1, 0.15) is 25.4 Å². The Bertz CT molecular complexity index is 698. The molecule has 102 valence electrons. The molecule has 3 rings (SSSR count). The minimum atomic E-state index is -0.586. The van der Waals surface area contributed by atoms with Gasteiger partial charge in [-0.1, -0.05) is 0 Å². The molecule has 0 aliphatic carbocycles. The van der Waals surface area contributed by atoms with Crippen molar-refractivity contribution in [3.8, 4) is 11.6 Å². The Morgan fingerprint density at radius 3 is 2.85 bits per heavy atom. The van der Waals surface area contributed by atoms with Gasteiger partial charge in [0, 0.05) is 6.21 Å². The molecule has 0 radical (unpaired) electrons. The number of oxazole rings is 2. The van der Waals surface area contributed by atoms with Crippen LogP contribution in [0, 0.1) is 0 Å². The lowest BCUT2D eigenvalue weighted by Gasteiger charge is -2.02. The number of carbonyl (C=O) groups is 1. The molecule has 0 N–H and O–H groups in total. The molecule has 0 aromatic carbocycles. The van der Waals surface area contributed by atoms with Crippen LogP contribution in [0.1, 0.15) is 16.4 Å². The zero-order chi connectivity index (χ0) is 13.9. The third-order valence-electron chi connectivity index (χ3n) is 2.44. The molecular weight excluding hydrogens is 266 g/mol. The summed E-state index contributed by atoms with van der Waals surface area (Å²) in [5.74, 6) is -0.160. The van der Waals surface area contributed by atoms with Crippen LogP contribution in [0.2, 0.25) is 0 Å². The third-order valence-corrected chi connectivity index (χ3v) is 2.44. The molecule has 0 saturated heterocycles. The number of methoxy groups -OCH3 is 1. The zero-order valence-electron chi connectivity index (χ0n) is 10.4. The molecule has 0 bridgehead atoms. The van der Waals surface area contributed by atoms with Crippen molar-refractivity contribution < 1.29 is 23.1 Å². The first-order chi connectivity index (χ1) is 9.78. The van der Waals surface area contributed by atoms with Crippen molar-refractivity contribution in [1.29, 1.82) is 0 Å². The molecule has 20 heavy (non-hydrogen) atoms. The fourth-order valence-electron chi connectivity index (χ4n) is 1.52. The first-order valence-electron chi connectivity index (χ1n) is 5.62. The van der Waals surface area contributed by atoms with E-state index in [1.54, 1.807) is 6.21 Å². The Morgan fingerprint density at radius 2 is 2.10 bits per heavy atom. The highest BCUT2D eigenvalue weighted by Crippen LogP contribution is 2.23. The van der Waals surface area contributed by atoms with Crippen LogP contribution in [-0.4, -0.2) is 35.9 Å². The van der Waals surface area contributed by atoms with Gasteiger partial charge in [-0.15, -0.1) is 0 Å². The Labute approximate surface area is 112 Å². The second-order valence-electron chi connectivity index (χ2n) is 3.72. The van der Waals surface area contributed by atoms with E-state index in [2.05, 4.69) is 19.7 Å². The van der Waals surface area contributed by atoms with Crippen LogP contribution in [0.25, 0.3) is 17.3 Å². The summed E-state index contributed by atoms with van der Waals surface area (Å²) in [7, 11) is 1.26.